The quantitative estimate of drug-likeness (QED) is 0.209. The first-order valence-electron chi connectivity index (χ1n) is 15.9. The van der Waals surface area contributed by atoms with Gasteiger partial charge in [0.2, 0.25) is 5.91 Å². The zero-order chi connectivity index (χ0) is 32.5. The summed E-state index contributed by atoms with van der Waals surface area (Å²) in [6.07, 6.45) is 2.19. The molecule has 0 aliphatic carbocycles. The molecule has 0 radical (unpaired) electrons. The highest BCUT2D eigenvalue weighted by molar-refractivity contribution is 5.75. The normalized spacial score (nSPS) is 19.7. The van der Waals surface area contributed by atoms with Gasteiger partial charge in [-0.3, -0.25) is 14.5 Å². The van der Waals surface area contributed by atoms with Crippen LogP contribution < -0.4 is 14.8 Å². The Morgan fingerprint density at radius 1 is 0.891 bits per heavy atom. The van der Waals surface area contributed by atoms with Gasteiger partial charge in [0.15, 0.2) is 17.8 Å². The van der Waals surface area contributed by atoms with Crippen molar-refractivity contribution in [2.75, 3.05) is 27.3 Å². The third-order valence-corrected chi connectivity index (χ3v) is 8.66. The Balaban J connectivity index is 1.25. The number of unbranched alkanes of at least 4 members (excludes halogenated alkanes) is 1. The lowest BCUT2D eigenvalue weighted by molar-refractivity contribution is -0.253. The van der Waals surface area contributed by atoms with E-state index in [9.17, 15) is 14.7 Å². The molecular weight excluding hydrogens is 588 g/mol. The number of aliphatic hydroxyl groups is 1. The number of hydrogen-bond acceptors (Lipinski definition) is 8. The highest BCUT2D eigenvalue weighted by atomic mass is 16.7. The molecule has 1 amide bonds. The van der Waals surface area contributed by atoms with Crippen LogP contribution in [0.15, 0.2) is 60.7 Å². The summed E-state index contributed by atoms with van der Waals surface area (Å²) in [7, 11) is 3.32. The summed E-state index contributed by atoms with van der Waals surface area (Å²) in [5, 5.41) is 21.2. The minimum Gasteiger partial charge on any atom is -0.493 e. The molecule has 2 aliphatic heterocycles. The van der Waals surface area contributed by atoms with E-state index in [-0.39, 0.29) is 31.1 Å². The molecule has 3 aromatic rings. The summed E-state index contributed by atoms with van der Waals surface area (Å²) in [4.78, 5) is 25.3. The first-order chi connectivity index (χ1) is 22.3. The van der Waals surface area contributed by atoms with Crippen molar-refractivity contribution in [1.82, 2.24) is 10.2 Å². The molecule has 10 heteroatoms. The number of carboxylic acid groups (broad SMARTS) is 1. The average Bonchev–Trinajstić information content (AvgIpc) is 3.08. The molecule has 0 aromatic heterocycles. The van der Waals surface area contributed by atoms with E-state index in [1.807, 2.05) is 48.5 Å². The number of amides is 1. The van der Waals surface area contributed by atoms with Gasteiger partial charge in [-0.15, -0.1) is 0 Å². The number of hydrogen-bond donors (Lipinski definition) is 3. The van der Waals surface area contributed by atoms with E-state index < -0.39 is 12.3 Å². The fourth-order valence-corrected chi connectivity index (χ4v) is 6.06. The SMILES string of the molecule is COc1cc2c(cc1OC)CN(C[C@@H]1C[C@H](c3ccc(CO)cc3)O[C@H](c3ccc(CNC(=O)CCCCC(=O)O)cc3)O1)CC2. The number of ether oxygens (including phenoxy) is 4. The standard InChI is InChI=1S/C36H44N2O8/c1-43-32-17-28-15-16-38(21-29(28)18-33(32)44-2)22-30-19-31(26-11-9-25(23-39)10-12-26)46-36(45-30)27-13-7-24(8-14-27)20-37-34(40)5-3-4-6-35(41)42/h7-14,17-18,30-31,36,39H,3-6,15-16,19-23H2,1-2H3,(H,37,40)(H,41,42)/t30-,31+,36+/m0/s1. The van der Waals surface area contributed by atoms with Gasteiger partial charge in [-0.25, -0.2) is 0 Å². The van der Waals surface area contributed by atoms with Crippen LogP contribution in [0.5, 0.6) is 11.5 Å². The molecule has 5 rings (SSSR count). The van der Waals surface area contributed by atoms with E-state index in [1.165, 1.54) is 11.1 Å². The maximum Gasteiger partial charge on any atom is 0.303 e. The molecule has 1 saturated heterocycles. The second-order valence-electron chi connectivity index (χ2n) is 11.9. The van der Waals surface area contributed by atoms with Crippen molar-refractivity contribution in [2.45, 2.75) is 76.7 Å². The number of fused-ring (bicyclic) bond motifs is 1. The number of carboxylic acids is 1. The van der Waals surface area contributed by atoms with E-state index in [2.05, 4.69) is 22.3 Å². The van der Waals surface area contributed by atoms with E-state index in [1.54, 1.807) is 14.2 Å². The predicted molar refractivity (Wildman–Crippen MR) is 171 cm³/mol. The van der Waals surface area contributed by atoms with Gasteiger partial charge in [0.1, 0.15) is 0 Å². The number of carbonyl (C=O) groups is 2. The van der Waals surface area contributed by atoms with Gasteiger partial charge in [0, 0.05) is 51.0 Å². The number of benzene rings is 3. The van der Waals surface area contributed by atoms with Crippen molar-refractivity contribution in [3.8, 4) is 11.5 Å². The fraction of sp³-hybridized carbons (Fsp3) is 0.444. The van der Waals surface area contributed by atoms with Crippen LogP contribution in [0.25, 0.3) is 0 Å². The molecule has 2 heterocycles. The minimum absolute atomic E-state index is 0.00914. The van der Waals surface area contributed by atoms with Crippen LogP contribution in [0.1, 0.15) is 77.9 Å². The Morgan fingerprint density at radius 3 is 2.22 bits per heavy atom. The van der Waals surface area contributed by atoms with Crippen LogP contribution in [0.2, 0.25) is 0 Å². The third kappa shape index (κ3) is 8.85. The molecular formula is C36H44N2O8. The maximum atomic E-state index is 12.2. The molecule has 0 unspecified atom stereocenters. The zero-order valence-electron chi connectivity index (χ0n) is 26.6. The summed E-state index contributed by atoms with van der Waals surface area (Å²) in [5.74, 6) is 0.546. The summed E-state index contributed by atoms with van der Waals surface area (Å²) >= 11 is 0. The Morgan fingerprint density at radius 2 is 1.54 bits per heavy atom. The zero-order valence-corrected chi connectivity index (χ0v) is 26.6. The average molecular weight is 633 g/mol. The van der Waals surface area contributed by atoms with E-state index in [0.717, 1.165) is 59.8 Å². The van der Waals surface area contributed by atoms with Gasteiger partial charge in [0.05, 0.1) is 33.0 Å². The highest BCUT2D eigenvalue weighted by Crippen LogP contribution is 2.39. The molecule has 246 valence electrons. The number of nitrogens with one attached hydrogen (secondary N) is 1. The van der Waals surface area contributed by atoms with E-state index in [0.29, 0.717) is 32.2 Å². The molecule has 0 saturated carbocycles. The molecule has 3 aromatic carbocycles. The van der Waals surface area contributed by atoms with Crippen LogP contribution in [-0.2, 0) is 45.2 Å². The largest absolute Gasteiger partial charge is 0.493 e. The summed E-state index contributed by atoms with van der Waals surface area (Å²) in [5.41, 5.74) is 6.24. The van der Waals surface area contributed by atoms with Crippen molar-refractivity contribution in [2.24, 2.45) is 0 Å². The van der Waals surface area contributed by atoms with Crippen molar-refractivity contribution in [3.05, 3.63) is 94.0 Å². The third-order valence-electron chi connectivity index (χ3n) is 8.66. The molecule has 10 nitrogen and oxygen atoms in total. The Kier molecular flexibility index (Phi) is 11.7. The van der Waals surface area contributed by atoms with Crippen molar-refractivity contribution >= 4 is 11.9 Å². The first kappa shape index (κ1) is 33.4. The molecule has 3 atom stereocenters. The maximum absolute atomic E-state index is 12.2. The van der Waals surface area contributed by atoms with Crippen LogP contribution >= 0.6 is 0 Å². The molecule has 0 bridgehead atoms. The van der Waals surface area contributed by atoms with Gasteiger partial charge in [-0.05, 0) is 59.2 Å². The van der Waals surface area contributed by atoms with Crippen LogP contribution in [0.4, 0.5) is 0 Å². The fourth-order valence-electron chi connectivity index (χ4n) is 6.06. The molecule has 46 heavy (non-hydrogen) atoms. The highest BCUT2D eigenvalue weighted by Gasteiger charge is 2.34. The molecule has 2 aliphatic rings. The smallest absolute Gasteiger partial charge is 0.303 e. The van der Waals surface area contributed by atoms with E-state index in [4.69, 9.17) is 24.1 Å². The number of carbonyl (C=O) groups excluding carboxylic acids is 1. The first-order valence-corrected chi connectivity index (χ1v) is 15.9. The van der Waals surface area contributed by atoms with E-state index >= 15 is 0 Å². The van der Waals surface area contributed by atoms with Crippen molar-refractivity contribution < 1.29 is 38.7 Å². The molecule has 0 spiro atoms. The minimum atomic E-state index is -0.844. The van der Waals surface area contributed by atoms with Gasteiger partial charge >= 0.3 is 5.97 Å². The van der Waals surface area contributed by atoms with Crippen LogP contribution in [-0.4, -0.2) is 60.4 Å². The molecule has 1 fully saturated rings. The Labute approximate surface area is 270 Å². The van der Waals surface area contributed by atoms with Crippen LogP contribution in [0, 0.1) is 0 Å². The molecule has 3 N–H and O–H groups in total. The van der Waals surface area contributed by atoms with Gasteiger partial charge in [-0.1, -0.05) is 48.5 Å². The second kappa shape index (κ2) is 16.0. The lowest BCUT2D eigenvalue weighted by Gasteiger charge is -2.39. The Hall–Kier alpha value is -3.96. The number of aliphatic hydroxyl groups excluding tert-OH is 1. The monoisotopic (exact) mass is 632 g/mol. The number of nitrogens with zero attached hydrogens (tertiary/aromatic N) is 1. The number of aliphatic carboxylic acids is 1. The summed E-state index contributed by atoms with van der Waals surface area (Å²) < 4.78 is 24.2. The van der Waals surface area contributed by atoms with Crippen LogP contribution in [0.3, 0.4) is 0 Å². The number of rotatable bonds is 14. The lowest BCUT2D eigenvalue weighted by atomic mass is 9.97. The van der Waals surface area contributed by atoms with Gasteiger partial charge < -0.3 is 34.5 Å². The van der Waals surface area contributed by atoms with Crippen molar-refractivity contribution in [1.29, 1.82) is 0 Å². The van der Waals surface area contributed by atoms with Gasteiger partial charge in [-0.2, -0.15) is 0 Å². The number of methoxy groups -OCH3 is 2. The summed E-state index contributed by atoms with van der Waals surface area (Å²) in [6, 6.07) is 19.9. The van der Waals surface area contributed by atoms with Crippen molar-refractivity contribution in [3.63, 3.8) is 0 Å². The lowest BCUT2D eigenvalue weighted by Crippen LogP contribution is -2.41. The Bertz CT molecular complexity index is 1460. The topological polar surface area (TPSA) is 127 Å². The second-order valence-corrected chi connectivity index (χ2v) is 11.9. The predicted octanol–water partition coefficient (Wildman–Crippen LogP) is 5.06. The summed E-state index contributed by atoms with van der Waals surface area (Å²) in [6.45, 7) is 2.82. The van der Waals surface area contributed by atoms with Gasteiger partial charge in [0.25, 0.3) is 0 Å².